The van der Waals surface area contributed by atoms with E-state index in [-0.39, 0.29) is 49.0 Å². The number of fused-ring (bicyclic) bond motifs is 1. The van der Waals surface area contributed by atoms with Crippen LogP contribution in [0.3, 0.4) is 0 Å². The van der Waals surface area contributed by atoms with E-state index in [1.54, 1.807) is 25.5 Å². The van der Waals surface area contributed by atoms with E-state index in [1.807, 2.05) is 6.07 Å². The number of amides is 1. The topological polar surface area (TPSA) is 142 Å². The van der Waals surface area contributed by atoms with Crippen molar-refractivity contribution in [3.8, 4) is 0 Å². The number of hydrogen-bond acceptors (Lipinski definition) is 8. The van der Waals surface area contributed by atoms with Gasteiger partial charge in [0.15, 0.2) is 17.0 Å². The Labute approximate surface area is 159 Å². The van der Waals surface area contributed by atoms with Crippen molar-refractivity contribution in [1.29, 1.82) is 0 Å². The molecule has 0 saturated heterocycles. The highest BCUT2D eigenvalue weighted by Crippen LogP contribution is 2.06. The Hall–Kier alpha value is -3.47. The maximum absolute atomic E-state index is 12.6. The SMILES string of the molecule is CN(Cc1nnc2c(n1)c(=O)n(C)c(=O)n2Cc1cccnc1)C(=O)CCN. The maximum atomic E-state index is 12.6. The summed E-state index contributed by atoms with van der Waals surface area (Å²) in [6.45, 7) is 0.482. The van der Waals surface area contributed by atoms with Crippen LogP contribution >= 0.6 is 0 Å². The fraction of sp³-hybridized carbons (Fsp3) is 0.353. The smallest absolute Gasteiger partial charge is 0.332 e. The molecule has 3 heterocycles. The second-order valence-corrected chi connectivity index (χ2v) is 6.28. The predicted molar refractivity (Wildman–Crippen MR) is 100 cm³/mol. The van der Waals surface area contributed by atoms with Gasteiger partial charge in [-0.15, -0.1) is 10.2 Å². The molecule has 0 radical (unpaired) electrons. The van der Waals surface area contributed by atoms with E-state index in [0.29, 0.717) is 0 Å². The largest absolute Gasteiger partial charge is 0.338 e. The minimum atomic E-state index is -0.575. The summed E-state index contributed by atoms with van der Waals surface area (Å²) in [5.41, 5.74) is 5.15. The fourth-order valence-corrected chi connectivity index (χ4v) is 2.69. The van der Waals surface area contributed by atoms with Crippen LogP contribution in [-0.2, 0) is 24.9 Å². The molecule has 0 aromatic carbocycles. The first-order valence-corrected chi connectivity index (χ1v) is 8.58. The zero-order chi connectivity index (χ0) is 20.3. The Morgan fingerprint density at radius 2 is 2.07 bits per heavy atom. The molecule has 3 aromatic heterocycles. The normalized spacial score (nSPS) is 11.0. The van der Waals surface area contributed by atoms with Crippen LogP contribution in [0.1, 0.15) is 17.8 Å². The number of pyridine rings is 1. The average molecular weight is 384 g/mol. The second kappa shape index (κ2) is 8.05. The average Bonchev–Trinajstić information content (AvgIpc) is 2.70. The van der Waals surface area contributed by atoms with E-state index in [2.05, 4.69) is 20.2 Å². The van der Waals surface area contributed by atoms with Crippen molar-refractivity contribution in [3.63, 3.8) is 0 Å². The minimum Gasteiger partial charge on any atom is -0.338 e. The van der Waals surface area contributed by atoms with Crippen molar-refractivity contribution < 1.29 is 4.79 Å². The molecule has 0 unspecified atom stereocenters. The zero-order valence-electron chi connectivity index (χ0n) is 15.6. The van der Waals surface area contributed by atoms with Crippen molar-refractivity contribution in [2.45, 2.75) is 19.5 Å². The lowest BCUT2D eigenvalue weighted by atomic mass is 10.3. The lowest BCUT2D eigenvalue weighted by molar-refractivity contribution is -0.130. The van der Waals surface area contributed by atoms with E-state index < -0.39 is 11.2 Å². The minimum absolute atomic E-state index is 0.00987. The van der Waals surface area contributed by atoms with E-state index in [4.69, 9.17) is 5.73 Å². The van der Waals surface area contributed by atoms with Gasteiger partial charge in [0.1, 0.15) is 0 Å². The summed E-state index contributed by atoms with van der Waals surface area (Å²) in [5.74, 6) is 0.0321. The number of nitrogens with two attached hydrogens (primary N) is 1. The van der Waals surface area contributed by atoms with Crippen molar-refractivity contribution in [2.75, 3.05) is 13.6 Å². The number of rotatable bonds is 6. The van der Waals surface area contributed by atoms with Crippen LogP contribution in [0.15, 0.2) is 34.1 Å². The van der Waals surface area contributed by atoms with Gasteiger partial charge in [0.2, 0.25) is 5.91 Å². The fourth-order valence-electron chi connectivity index (χ4n) is 2.69. The van der Waals surface area contributed by atoms with Crippen LogP contribution in [0.5, 0.6) is 0 Å². The Kier molecular flexibility index (Phi) is 5.54. The standard InChI is InChI=1S/C17H20N8O3/c1-23(13(26)5-6-18)10-12-20-14-15(22-21-12)25(17(28)24(2)16(14)27)9-11-4-3-7-19-8-11/h3-4,7-8H,5-6,9-10,18H2,1-2H3. The summed E-state index contributed by atoms with van der Waals surface area (Å²) in [7, 11) is 2.97. The molecule has 2 N–H and O–H groups in total. The molecule has 11 heteroatoms. The molecule has 146 valence electrons. The molecule has 1 amide bonds. The van der Waals surface area contributed by atoms with Gasteiger partial charge in [-0.25, -0.2) is 9.78 Å². The molecule has 3 aromatic rings. The molecule has 0 atom stereocenters. The van der Waals surface area contributed by atoms with Gasteiger partial charge in [-0.2, -0.15) is 0 Å². The molecule has 0 aliphatic carbocycles. The lowest BCUT2D eigenvalue weighted by Crippen LogP contribution is -2.39. The molecule has 0 aliphatic rings. The van der Waals surface area contributed by atoms with Crippen molar-refractivity contribution in [2.24, 2.45) is 12.8 Å². The third-order valence-corrected chi connectivity index (χ3v) is 4.22. The predicted octanol–water partition coefficient (Wildman–Crippen LogP) is -1.36. The van der Waals surface area contributed by atoms with Gasteiger partial charge in [0.25, 0.3) is 5.56 Å². The van der Waals surface area contributed by atoms with E-state index >= 15 is 0 Å². The Bertz CT molecular complexity index is 1120. The van der Waals surface area contributed by atoms with Crippen LogP contribution < -0.4 is 17.0 Å². The van der Waals surface area contributed by atoms with Crippen molar-refractivity contribution in [3.05, 3.63) is 56.8 Å². The summed E-state index contributed by atoms with van der Waals surface area (Å²) in [5, 5.41) is 8.05. The third kappa shape index (κ3) is 3.78. The van der Waals surface area contributed by atoms with Crippen LogP contribution in [-0.4, -0.2) is 53.7 Å². The Morgan fingerprint density at radius 3 is 2.75 bits per heavy atom. The van der Waals surface area contributed by atoms with Gasteiger partial charge in [-0.05, 0) is 11.6 Å². The van der Waals surface area contributed by atoms with Gasteiger partial charge in [0, 0.05) is 39.5 Å². The third-order valence-electron chi connectivity index (χ3n) is 4.22. The number of hydrogen-bond donors (Lipinski definition) is 1. The number of aromatic nitrogens is 6. The second-order valence-electron chi connectivity index (χ2n) is 6.28. The number of carbonyl (C=O) groups is 1. The van der Waals surface area contributed by atoms with E-state index in [9.17, 15) is 14.4 Å². The van der Waals surface area contributed by atoms with Crippen LogP contribution in [0.25, 0.3) is 11.2 Å². The summed E-state index contributed by atoms with van der Waals surface area (Å²) in [4.78, 5) is 46.7. The number of carbonyl (C=O) groups excluding carboxylic acids is 1. The van der Waals surface area contributed by atoms with Gasteiger partial charge in [0.05, 0.1) is 13.1 Å². The van der Waals surface area contributed by atoms with Crippen molar-refractivity contribution >= 4 is 17.1 Å². The first-order chi connectivity index (χ1) is 13.4. The molecular weight excluding hydrogens is 364 g/mol. The molecular formula is C17H20N8O3. The van der Waals surface area contributed by atoms with Gasteiger partial charge < -0.3 is 10.6 Å². The van der Waals surface area contributed by atoms with Crippen LogP contribution in [0, 0.1) is 0 Å². The molecule has 11 nitrogen and oxygen atoms in total. The molecule has 0 saturated carbocycles. The van der Waals surface area contributed by atoms with Crippen LogP contribution in [0.4, 0.5) is 0 Å². The quantitative estimate of drug-likeness (QED) is 0.549. The monoisotopic (exact) mass is 384 g/mol. The summed E-state index contributed by atoms with van der Waals surface area (Å²) < 4.78 is 2.29. The summed E-state index contributed by atoms with van der Waals surface area (Å²) in [6, 6.07) is 3.56. The Morgan fingerprint density at radius 1 is 1.29 bits per heavy atom. The van der Waals surface area contributed by atoms with E-state index in [1.165, 1.54) is 16.5 Å². The van der Waals surface area contributed by atoms with Gasteiger partial charge in [-0.3, -0.25) is 23.7 Å². The highest BCUT2D eigenvalue weighted by molar-refractivity contribution is 5.76. The molecule has 0 aliphatic heterocycles. The lowest BCUT2D eigenvalue weighted by Gasteiger charge is -2.16. The summed E-state index contributed by atoms with van der Waals surface area (Å²) >= 11 is 0. The van der Waals surface area contributed by atoms with Crippen molar-refractivity contribution in [1.82, 2.24) is 34.2 Å². The van der Waals surface area contributed by atoms with Crippen LogP contribution in [0.2, 0.25) is 0 Å². The molecule has 28 heavy (non-hydrogen) atoms. The Balaban J connectivity index is 2.05. The van der Waals surface area contributed by atoms with E-state index in [0.717, 1.165) is 10.1 Å². The molecule has 0 bridgehead atoms. The number of nitrogens with zero attached hydrogens (tertiary/aromatic N) is 7. The first-order valence-electron chi connectivity index (χ1n) is 8.58. The highest BCUT2D eigenvalue weighted by Gasteiger charge is 2.17. The maximum Gasteiger partial charge on any atom is 0.332 e. The summed E-state index contributed by atoms with van der Waals surface area (Å²) in [6.07, 6.45) is 3.45. The highest BCUT2D eigenvalue weighted by atomic mass is 16.2. The first kappa shape index (κ1) is 19.3. The van der Waals surface area contributed by atoms with Gasteiger partial charge >= 0.3 is 5.69 Å². The molecule has 3 rings (SSSR count). The molecule has 0 spiro atoms. The zero-order valence-corrected chi connectivity index (χ0v) is 15.6. The van der Waals surface area contributed by atoms with Gasteiger partial charge in [-0.1, -0.05) is 6.07 Å². The molecule has 0 fully saturated rings.